The largest absolute Gasteiger partial charge is 0.397 e. The quantitative estimate of drug-likeness (QED) is 0.508. The molecule has 0 aliphatic carbocycles. The van der Waals surface area contributed by atoms with Gasteiger partial charge in [0.25, 0.3) is 0 Å². The summed E-state index contributed by atoms with van der Waals surface area (Å²) in [7, 11) is 0. The van der Waals surface area contributed by atoms with E-state index in [0.29, 0.717) is 15.9 Å². The molecule has 0 unspecified atom stereocenters. The fraction of sp³-hybridized carbons (Fsp3) is 0. The van der Waals surface area contributed by atoms with Crippen LogP contribution in [0.2, 0.25) is 0 Å². The van der Waals surface area contributed by atoms with E-state index in [9.17, 15) is 13.6 Å². The van der Waals surface area contributed by atoms with Gasteiger partial charge in [0.05, 0.1) is 16.3 Å². The lowest BCUT2D eigenvalue weighted by atomic mass is 10.1. The van der Waals surface area contributed by atoms with Crippen LogP contribution in [0.15, 0.2) is 47.8 Å². The Balaban J connectivity index is 1.80. The maximum Gasteiger partial charge on any atom is 0.205 e. The number of fused-ring (bicyclic) bond motifs is 1. The summed E-state index contributed by atoms with van der Waals surface area (Å²) < 4.78 is 26.5. The summed E-state index contributed by atoms with van der Waals surface area (Å²) in [6.45, 7) is 0. The number of nitrogens with two attached hydrogens (primary N) is 1. The third-order valence-corrected chi connectivity index (χ3v) is 5.76. The zero-order chi connectivity index (χ0) is 17.6. The summed E-state index contributed by atoms with van der Waals surface area (Å²) in [5.74, 6) is -2.51. The van der Waals surface area contributed by atoms with Crippen molar-refractivity contribution in [2.24, 2.45) is 0 Å². The van der Waals surface area contributed by atoms with Gasteiger partial charge in [0.15, 0.2) is 11.6 Å². The number of halogens is 2. The fourth-order valence-electron chi connectivity index (χ4n) is 2.50. The van der Waals surface area contributed by atoms with Gasteiger partial charge in [-0.05, 0) is 41.8 Å². The normalized spacial score (nSPS) is 11.1. The van der Waals surface area contributed by atoms with Gasteiger partial charge in [-0.25, -0.2) is 13.8 Å². The van der Waals surface area contributed by atoms with Gasteiger partial charge in [-0.1, -0.05) is 6.07 Å². The molecular formula is C18H10F2N2OS2. The van der Waals surface area contributed by atoms with Crippen LogP contribution in [-0.2, 0) is 0 Å². The highest BCUT2D eigenvalue weighted by atomic mass is 32.1. The van der Waals surface area contributed by atoms with E-state index >= 15 is 0 Å². The van der Waals surface area contributed by atoms with Crippen molar-refractivity contribution >= 4 is 44.4 Å². The molecule has 1 aromatic carbocycles. The van der Waals surface area contributed by atoms with E-state index in [4.69, 9.17) is 5.73 Å². The second-order valence-electron chi connectivity index (χ2n) is 5.33. The van der Waals surface area contributed by atoms with E-state index in [2.05, 4.69) is 4.98 Å². The number of ketones is 1. The van der Waals surface area contributed by atoms with Gasteiger partial charge >= 0.3 is 0 Å². The monoisotopic (exact) mass is 372 g/mol. The molecular weight excluding hydrogens is 362 g/mol. The number of carbonyl (C=O) groups is 1. The second-order valence-corrected chi connectivity index (χ2v) is 7.28. The van der Waals surface area contributed by atoms with Crippen molar-refractivity contribution in [2.75, 3.05) is 5.73 Å². The molecule has 0 amide bonds. The predicted molar refractivity (Wildman–Crippen MR) is 97.1 cm³/mol. The van der Waals surface area contributed by atoms with E-state index in [1.807, 2.05) is 29.6 Å². The maximum absolute atomic E-state index is 13.4. The molecule has 0 radical (unpaired) electrons. The number of nitrogen functional groups attached to an aromatic ring is 1. The number of hydrogen-bond donors (Lipinski definition) is 1. The molecule has 124 valence electrons. The van der Waals surface area contributed by atoms with Crippen LogP contribution in [0.1, 0.15) is 15.2 Å². The average molecular weight is 372 g/mol. The minimum atomic E-state index is -1.07. The van der Waals surface area contributed by atoms with Crippen molar-refractivity contribution in [3.05, 3.63) is 69.9 Å². The van der Waals surface area contributed by atoms with Crippen molar-refractivity contribution in [1.29, 1.82) is 0 Å². The topological polar surface area (TPSA) is 56.0 Å². The van der Waals surface area contributed by atoms with Crippen molar-refractivity contribution in [3.8, 4) is 10.6 Å². The van der Waals surface area contributed by atoms with E-state index in [1.165, 1.54) is 6.07 Å². The first-order valence-electron chi connectivity index (χ1n) is 7.27. The van der Waals surface area contributed by atoms with Crippen LogP contribution >= 0.6 is 22.7 Å². The molecule has 0 saturated carbocycles. The Morgan fingerprint density at radius 3 is 2.64 bits per heavy atom. The molecule has 2 N–H and O–H groups in total. The number of nitrogens with zero attached hydrogens (tertiary/aromatic N) is 1. The molecule has 0 spiro atoms. The van der Waals surface area contributed by atoms with Crippen LogP contribution in [0.4, 0.5) is 14.5 Å². The summed E-state index contributed by atoms with van der Waals surface area (Å²) in [6.07, 6.45) is 0. The summed E-state index contributed by atoms with van der Waals surface area (Å²) >= 11 is 2.72. The zero-order valence-corrected chi connectivity index (χ0v) is 14.3. The Bertz CT molecular complexity index is 1100. The minimum Gasteiger partial charge on any atom is -0.397 e. The lowest BCUT2D eigenvalue weighted by molar-refractivity contribution is 0.104. The van der Waals surface area contributed by atoms with E-state index in [-0.39, 0.29) is 10.4 Å². The highest BCUT2D eigenvalue weighted by molar-refractivity contribution is 7.21. The molecule has 3 heterocycles. The molecule has 0 saturated heterocycles. The second kappa shape index (κ2) is 6.02. The summed E-state index contributed by atoms with van der Waals surface area (Å²) in [6, 6.07) is 10.6. The van der Waals surface area contributed by atoms with Gasteiger partial charge in [0, 0.05) is 10.9 Å². The van der Waals surface area contributed by atoms with Crippen LogP contribution in [0.25, 0.3) is 20.8 Å². The average Bonchev–Trinajstić information content (AvgIpc) is 3.25. The number of rotatable bonds is 3. The molecule has 0 fully saturated rings. The number of benzene rings is 1. The lowest BCUT2D eigenvalue weighted by Gasteiger charge is -2.01. The SMILES string of the molecule is Nc1c(C(=O)c2ccc(F)c(F)c2)sc2nc(-c3cccs3)ccc12. The number of carbonyl (C=O) groups excluding carboxylic acids is 1. The Morgan fingerprint density at radius 2 is 1.92 bits per heavy atom. The number of thiophene rings is 2. The zero-order valence-electron chi connectivity index (χ0n) is 12.6. The molecule has 3 aromatic heterocycles. The Kier molecular flexibility index (Phi) is 3.82. The molecule has 7 heteroatoms. The third kappa shape index (κ3) is 2.71. The molecule has 0 atom stereocenters. The number of aromatic nitrogens is 1. The summed E-state index contributed by atoms with van der Waals surface area (Å²) in [5.41, 5.74) is 7.26. The van der Waals surface area contributed by atoms with Gasteiger partial charge < -0.3 is 5.73 Å². The minimum absolute atomic E-state index is 0.0515. The maximum atomic E-state index is 13.4. The molecule has 0 aliphatic heterocycles. The standard InChI is InChI=1S/C18H10F2N2OS2/c19-11-5-3-9(8-12(11)20)16(23)17-15(21)10-4-6-13(22-18(10)25-17)14-2-1-7-24-14/h1-8H,21H2. The first-order chi connectivity index (χ1) is 12.0. The molecule has 4 rings (SSSR count). The van der Waals surface area contributed by atoms with Crippen molar-refractivity contribution in [3.63, 3.8) is 0 Å². The van der Waals surface area contributed by atoms with Crippen molar-refractivity contribution < 1.29 is 13.6 Å². The van der Waals surface area contributed by atoms with E-state index < -0.39 is 17.4 Å². The number of pyridine rings is 1. The first kappa shape index (κ1) is 15.9. The Hall–Kier alpha value is -2.64. The van der Waals surface area contributed by atoms with Crippen LogP contribution in [0.5, 0.6) is 0 Å². The summed E-state index contributed by atoms with van der Waals surface area (Å²) in [5, 5.41) is 2.64. The Labute approximate surface area is 149 Å². The van der Waals surface area contributed by atoms with Crippen LogP contribution in [-0.4, -0.2) is 10.8 Å². The highest BCUT2D eigenvalue weighted by Gasteiger charge is 2.20. The first-order valence-corrected chi connectivity index (χ1v) is 8.97. The van der Waals surface area contributed by atoms with E-state index in [1.54, 1.807) is 11.3 Å². The molecule has 0 bridgehead atoms. The molecule has 0 aliphatic rings. The van der Waals surface area contributed by atoms with Gasteiger partial charge in [0.1, 0.15) is 9.71 Å². The van der Waals surface area contributed by atoms with Gasteiger partial charge in [-0.15, -0.1) is 22.7 Å². The van der Waals surface area contributed by atoms with Crippen molar-refractivity contribution in [2.45, 2.75) is 0 Å². The highest BCUT2D eigenvalue weighted by Crippen LogP contribution is 2.36. The van der Waals surface area contributed by atoms with Gasteiger partial charge in [0.2, 0.25) is 5.78 Å². The third-order valence-electron chi connectivity index (χ3n) is 3.76. The van der Waals surface area contributed by atoms with Crippen LogP contribution in [0.3, 0.4) is 0 Å². The van der Waals surface area contributed by atoms with Crippen LogP contribution in [0, 0.1) is 11.6 Å². The molecule has 25 heavy (non-hydrogen) atoms. The van der Waals surface area contributed by atoms with Gasteiger partial charge in [-0.2, -0.15) is 0 Å². The predicted octanol–water partition coefficient (Wildman–Crippen LogP) is 5.12. The van der Waals surface area contributed by atoms with Gasteiger partial charge in [-0.3, -0.25) is 4.79 Å². The smallest absolute Gasteiger partial charge is 0.205 e. The number of hydrogen-bond acceptors (Lipinski definition) is 5. The summed E-state index contributed by atoms with van der Waals surface area (Å²) in [4.78, 5) is 19.1. The molecule has 4 aromatic rings. The lowest BCUT2D eigenvalue weighted by Crippen LogP contribution is -2.03. The van der Waals surface area contributed by atoms with Crippen LogP contribution < -0.4 is 5.73 Å². The fourth-order valence-corrected chi connectivity index (χ4v) is 4.25. The van der Waals surface area contributed by atoms with Crippen molar-refractivity contribution in [1.82, 2.24) is 4.98 Å². The Morgan fingerprint density at radius 1 is 1.08 bits per heavy atom. The molecule has 3 nitrogen and oxygen atoms in total. The van der Waals surface area contributed by atoms with E-state index in [0.717, 1.165) is 34.0 Å². The number of anilines is 1.